The summed E-state index contributed by atoms with van der Waals surface area (Å²) in [6, 6.07) is 2.82. The number of esters is 1. The Balaban J connectivity index is 1.38. The summed E-state index contributed by atoms with van der Waals surface area (Å²) in [6.07, 6.45) is 20.3. The lowest BCUT2D eigenvalue weighted by Gasteiger charge is -2.56. The second-order valence-corrected chi connectivity index (χ2v) is 11.9. The molecule has 0 heterocycles. The molecule has 4 saturated carbocycles. The average Bonchev–Trinajstić information content (AvgIpc) is 2.82. The number of hydrogen-bond donors (Lipinski definition) is 0. The Bertz CT molecular complexity index is 669. The van der Waals surface area contributed by atoms with Crippen LogP contribution in [0, 0.1) is 52.3 Å². The van der Waals surface area contributed by atoms with Gasteiger partial charge in [0.05, 0.1) is 11.5 Å². The van der Waals surface area contributed by atoms with Gasteiger partial charge < -0.3 is 4.74 Å². The Kier molecular flexibility index (Phi) is 8.23. The van der Waals surface area contributed by atoms with Gasteiger partial charge in [0.15, 0.2) is 0 Å². The number of rotatable bonds is 8. The van der Waals surface area contributed by atoms with Crippen molar-refractivity contribution in [3.8, 4) is 6.07 Å². The molecule has 4 aliphatic rings. The maximum Gasteiger partial charge on any atom is 0.306 e. The highest BCUT2D eigenvalue weighted by molar-refractivity contribution is 5.69. The third-order valence-electron chi connectivity index (χ3n) is 10.1. The van der Waals surface area contributed by atoms with E-state index in [1.54, 1.807) is 0 Å². The second-order valence-electron chi connectivity index (χ2n) is 11.9. The van der Waals surface area contributed by atoms with Crippen LogP contribution in [-0.2, 0) is 9.53 Å². The van der Waals surface area contributed by atoms with Crippen LogP contribution in [0.2, 0.25) is 0 Å². The molecular formula is C29H47NO2. The summed E-state index contributed by atoms with van der Waals surface area (Å²) >= 11 is 0. The highest BCUT2D eigenvalue weighted by Crippen LogP contribution is 2.60. The van der Waals surface area contributed by atoms with Gasteiger partial charge in [-0.05, 0) is 113 Å². The van der Waals surface area contributed by atoms with Crippen LogP contribution < -0.4 is 0 Å². The first-order valence-electron chi connectivity index (χ1n) is 14.2. The molecule has 4 fully saturated rings. The Labute approximate surface area is 197 Å². The molecule has 4 aliphatic carbocycles. The number of carbonyl (C=O) groups is 1. The SMILES string of the molecule is CCCCC[C@@]1(C#N)CCC2C(CCC3C2CCC2C3CCC[C@H]2OC(=O)CCCC)C1. The molecule has 3 heteroatoms. The molecule has 0 aromatic heterocycles. The normalized spacial score (nSPS) is 41.0. The van der Waals surface area contributed by atoms with Gasteiger partial charge in [-0.3, -0.25) is 4.79 Å². The molecular weight excluding hydrogens is 394 g/mol. The molecule has 0 aromatic carbocycles. The second kappa shape index (κ2) is 10.9. The van der Waals surface area contributed by atoms with Crippen LogP contribution in [0.5, 0.6) is 0 Å². The molecule has 8 atom stereocenters. The molecule has 0 N–H and O–H groups in total. The van der Waals surface area contributed by atoms with Crippen LogP contribution >= 0.6 is 0 Å². The van der Waals surface area contributed by atoms with Gasteiger partial charge >= 0.3 is 5.97 Å². The molecule has 180 valence electrons. The molecule has 0 aliphatic heterocycles. The van der Waals surface area contributed by atoms with Crippen LogP contribution in [0.15, 0.2) is 0 Å². The van der Waals surface area contributed by atoms with E-state index in [0.717, 1.165) is 61.7 Å². The minimum absolute atomic E-state index is 0.0248. The summed E-state index contributed by atoms with van der Waals surface area (Å²) in [6.45, 7) is 4.40. The number of unbranched alkanes of at least 4 members (excludes halogenated alkanes) is 3. The Morgan fingerprint density at radius 2 is 1.59 bits per heavy atom. The third kappa shape index (κ3) is 5.05. The molecule has 0 radical (unpaired) electrons. The van der Waals surface area contributed by atoms with Crippen molar-refractivity contribution in [3.63, 3.8) is 0 Å². The summed E-state index contributed by atoms with van der Waals surface area (Å²) in [5, 5.41) is 10.1. The van der Waals surface area contributed by atoms with E-state index in [1.807, 2.05) is 0 Å². The first kappa shape index (κ1) is 24.1. The minimum Gasteiger partial charge on any atom is -0.462 e. The molecule has 0 aromatic rings. The quantitative estimate of drug-likeness (QED) is 0.285. The van der Waals surface area contributed by atoms with E-state index in [9.17, 15) is 10.1 Å². The van der Waals surface area contributed by atoms with E-state index in [0.29, 0.717) is 12.3 Å². The predicted molar refractivity (Wildman–Crippen MR) is 129 cm³/mol. The van der Waals surface area contributed by atoms with Gasteiger partial charge in [-0.2, -0.15) is 5.26 Å². The fraction of sp³-hybridized carbons (Fsp3) is 0.931. The Morgan fingerprint density at radius 1 is 0.875 bits per heavy atom. The van der Waals surface area contributed by atoms with Crippen LogP contribution in [0.1, 0.15) is 123 Å². The zero-order chi connectivity index (χ0) is 22.6. The molecule has 0 saturated heterocycles. The van der Waals surface area contributed by atoms with Crippen LogP contribution in [-0.4, -0.2) is 12.1 Å². The zero-order valence-corrected chi connectivity index (χ0v) is 20.8. The summed E-state index contributed by atoms with van der Waals surface area (Å²) in [5.74, 6) is 4.80. The lowest BCUT2D eigenvalue weighted by atomic mass is 9.49. The van der Waals surface area contributed by atoms with Crippen molar-refractivity contribution in [2.75, 3.05) is 0 Å². The molecule has 0 bridgehead atoms. The average molecular weight is 442 g/mol. The molecule has 3 nitrogen and oxygen atoms in total. The van der Waals surface area contributed by atoms with Gasteiger partial charge in [-0.15, -0.1) is 0 Å². The Morgan fingerprint density at radius 3 is 2.38 bits per heavy atom. The fourth-order valence-electron chi connectivity index (χ4n) is 8.58. The molecule has 0 spiro atoms. The maximum atomic E-state index is 12.4. The molecule has 0 amide bonds. The van der Waals surface area contributed by atoms with E-state index in [2.05, 4.69) is 19.9 Å². The van der Waals surface area contributed by atoms with E-state index in [4.69, 9.17) is 4.74 Å². The summed E-state index contributed by atoms with van der Waals surface area (Å²) < 4.78 is 6.06. The number of hydrogen-bond acceptors (Lipinski definition) is 3. The molecule has 6 unspecified atom stereocenters. The van der Waals surface area contributed by atoms with Crippen molar-refractivity contribution < 1.29 is 9.53 Å². The Hall–Kier alpha value is -1.04. The number of nitriles is 1. The van der Waals surface area contributed by atoms with E-state index >= 15 is 0 Å². The van der Waals surface area contributed by atoms with E-state index in [1.165, 1.54) is 70.6 Å². The van der Waals surface area contributed by atoms with E-state index in [-0.39, 0.29) is 17.5 Å². The van der Waals surface area contributed by atoms with Crippen molar-refractivity contribution in [3.05, 3.63) is 0 Å². The number of nitrogens with zero attached hydrogens (tertiary/aromatic N) is 1. The first-order valence-corrected chi connectivity index (χ1v) is 14.2. The van der Waals surface area contributed by atoms with Gasteiger partial charge in [-0.1, -0.05) is 39.5 Å². The number of carbonyl (C=O) groups excluding carboxylic acids is 1. The van der Waals surface area contributed by atoms with Crippen LogP contribution in [0.4, 0.5) is 0 Å². The monoisotopic (exact) mass is 441 g/mol. The van der Waals surface area contributed by atoms with Gasteiger partial charge in [0.2, 0.25) is 0 Å². The lowest BCUT2D eigenvalue weighted by Crippen LogP contribution is -2.50. The summed E-state index contributed by atoms with van der Waals surface area (Å²) in [4.78, 5) is 12.4. The fourth-order valence-corrected chi connectivity index (χ4v) is 8.58. The standard InChI is InChI=1S/C29H47NO2/c1-3-5-7-17-29(20-30)18-16-22-21(19-29)12-13-25-23-9-8-10-27(26(23)15-14-24(22)25)32-28(31)11-6-4-2/h21-27H,3-19H2,1-2H3/t21?,22?,23?,24?,25?,26?,27-,29-/m1/s1. The van der Waals surface area contributed by atoms with Crippen molar-refractivity contribution >= 4 is 5.97 Å². The van der Waals surface area contributed by atoms with Crippen LogP contribution in [0.3, 0.4) is 0 Å². The van der Waals surface area contributed by atoms with Crippen molar-refractivity contribution in [2.45, 2.75) is 129 Å². The summed E-state index contributed by atoms with van der Waals surface area (Å²) in [5.41, 5.74) is -0.0248. The highest BCUT2D eigenvalue weighted by atomic mass is 16.5. The summed E-state index contributed by atoms with van der Waals surface area (Å²) in [7, 11) is 0. The van der Waals surface area contributed by atoms with Crippen molar-refractivity contribution in [1.29, 1.82) is 5.26 Å². The van der Waals surface area contributed by atoms with Crippen molar-refractivity contribution in [2.24, 2.45) is 40.9 Å². The maximum absolute atomic E-state index is 12.4. The molecule has 4 rings (SSSR count). The van der Waals surface area contributed by atoms with Gasteiger partial charge in [0.1, 0.15) is 6.10 Å². The topological polar surface area (TPSA) is 50.1 Å². The first-order chi connectivity index (χ1) is 15.6. The van der Waals surface area contributed by atoms with Gasteiger partial charge in [0.25, 0.3) is 0 Å². The van der Waals surface area contributed by atoms with Crippen molar-refractivity contribution in [1.82, 2.24) is 0 Å². The number of ether oxygens (including phenoxy) is 1. The largest absolute Gasteiger partial charge is 0.462 e. The van der Waals surface area contributed by atoms with Crippen LogP contribution in [0.25, 0.3) is 0 Å². The predicted octanol–water partition coefficient (Wildman–Crippen LogP) is 7.83. The third-order valence-corrected chi connectivity index (χ3v) is 10.1. The lowest BCUT2D eigenvalue weighted by molar-refractivity contribution is -0.161. The van der Waals surface area contributed by atoms with E-state index < -0.39 is 0 Å². The zero-order valence-electron chi connectivity index (χ0n) is 20.8. The minimum atomic E-state index is -0.0248. The van der Waals surface area contributed by atoms with Gasteiger partial charge in [0, 0.05) is 6.42 Å². The molecule has 32 heavy (non-hydrogen) atoms. The smallest absolute Gasteiger partial charge is 0.306 e. The van der Waals surface area contributed by atoms with Gasteiger partial charge in [-0.25, -0.2) is 0 Å². The number of fused-ring (bicyclic) bond motifs is 5. The highest BCUT2D eigenvalue weighted by Gasteiger charge is 2.53.